The molecule has 7 aromatic carbocycles. The van der Waals surface area contributed by atoms with Crippen molar-refractivity contribution in [3.05, 3.63) is 152 Å². The maximum atomic E-state index is 6.40. The van der Waals surface area contributed by atoms with Crippen molar-refractivity contribution in [1.82, 2.24) is 15.0 Å². The molecule has 3 heterocycles. The molecule has 0 saturated heterocycles. The summed E-state index contributed by atoms with van der Waals surface area (Å²) < 4.78 is 9.03. The van der Waals surface area contributed by atoms with Crippen LogP contribution in [0.15, 0.2) is 156 Å². The fourth-order valence-electron chi connectivity index (χ4n) is 6.88. The van der Waals surface area contributed by atoms with Gasteiger partial charge in [-0.3, -0.25) is 0 Å². The number of fused-ring (bicyclic) bond motifs is 8. The summed E-state index contributed by atoms with van der Waals surface area (Å²) in [7, 11) is 0. The minimum Gasteiger partial charge on any atom is -0.455 e. The van der Waals surface area contributed by atoms with Crippen LogP contribution in [-0.2, 0) is 0 Å². The minimum absolute atomic E-state index is 0.575. The van der Waals surface area contributed by atoms with Crippen molar-refractivity contribution in [1.29, 1.82) is 0 Å². The molecule has 48 heavy (non-hydrogen) atoms. The van der Waals surface area contributed by atoms with Crippen molar-refractivity contribution in [2.45, 2.75) is 0 Å². The SMILES string of the molecule is c1ccc(-c2nc(-c3cccc(-c4cccc5c4ccc4c6ccccc6sc54)c3)nc(-c3cccc4c3oc3ccccc34)n2)cc1. The molecule has 5 heteroatoms. The van der Waals surface area contributed by atoms with E-state index in [2.05, 4.69) is 91.0 Å². The predicted molar refractivity (Wildman–Crippen MR) is 199 cm³/mol. The van der Waals surface area contributed by atoms with Crippen LogP contribution >= 0.6 is 11.3 Å². The van der Waals surface area contributed by atoms with Crippen LogP contribution in [0.2, 0.25) is 0 Å². The standard InChI is InChI=1S/C43H25N3OS/c1-2-11-26(12-3-1)41-44-42(46-43(45-41)36-20-10-18-33-31-15-4-6-21-37(31)47-39(33)36)28-14-8-13-27(25-28)29-17-9-19-34-30(29)23-24-35-32-16-5-7-22-38(32)48-40(34)35/h1-25H. The Morgan fingerprint density at radius 1 is 0.396 bits per heavy atom. The monoisotopic (exact) mass is 631 g/mol. The van der Waals surface area contributed by atoms with Gasteiger partial charge in [0.25, 0.3) is 0 Å². The number of benzene rings is 7. The lowest BCUT2D eigenvalue weighted by Gasteiger charge is -2.11. The van der Waals surface area contributed by atoms with Crippen molar-refractivity contribution in [3.63, 3.8) is 0 Å². The van der Waals surface area contributed by atoms with Crippen molar-refractivity contribution >= 4 is 64.2 Å². The highest BCUT2D eigenvalue weighted by Gasteiger charge is 2.18. The second kappa shape index (κ2) is 10.7. The zero-order valence-corrected chi connectivity index (χ0v) is 26.4. The molecule has 4 nitrogen and oxygen atoms in total. The van der Waals surface area contributed by atoms with E-state index in [1.165, 1.54) is 36.5 Å². The van der Waals surface area contributed by atoms with E-state index < -0.39 is 0 Å². The molecule has 0 fully saturated rings. The number of hydrogen-bond donors (Lipinski definition) is 0. The zero-order valence-electron chi connectivity index (χ0n) is 25.6. The van der Waals surface area contributed by atoms with E-state index in [0.717, 1.165) is 44.2 Å². The van der Waals surface area contributed by atoms with Crippen molar-refractivity contribution in [2.75, 3.05) is 0 Å². The fourth-order valence-corrected chi connectivity index (χ4v) is 8.11. The average Bonchev–Trinajstić information content (AvgIpc) is 3.74. The van der Waals surface area contributed by atoms with E-state index in [1.807, 2.05) is 72.0 Å². The minimum atomic E-state index is 0.575. The van der Waals surface area contributed by atoms with Gasteiger partial charge in [0.1, 0.15) is 11.2 Å². The highest BCUT2D eigenvalue weighted by molar-refractivity contribution is 7.26. The number of thiophene rings is 1. The maximum Gasteiger partial charge on any atom is 0.167 e. The normalized spacial score (nSPS) is 11.8. The molecular weight excluding hydrogens is 607 g/mol. The quantitative estimate of drug-likeness (QED) is 0.194. The van der Waals surface area contributed by atoms with Crippen LogP contribution in [0.5, 0.6) is 0 Å². The summed E-state index contributed by atoms with van der Waals surface area (Å²) in [5.41, 5.74) is 6.59. The van der Waals surface area contributed by atoms with E-state index in [4.69, 9.17) is 19.4 Å². The van der Waals surface area contributed by atoms with Gasteiger partial charge in [-0.2, -0.15) is 0 Å². The van der Waals surface area contributed by atoms with E-state index in [0.29, 0.717) is 17.5 Å². The average molecular weight is 632 g/mol. The van der Waals surface area contributed by atoms with Gasteiger partial charge in [-0.05, 0) is 40.8 Å². The summed E-state index contributed by atoms with van der Waals surface area (Å²) in [6.45, 7) is 0. The molecule has 10 aromatic rings. The van der Waals surface area contributed by atoms with Crippen LogP contribution in [0, 0.1) is 0 Å². The van der Waals surface area contributed by atoms with Crippen molar-refractivity contribution in [2.24, 2.45) is 0 Å². The van der Waals surface area contributed by atoms with Gasteiger partial charge in [0.15, 0.2) is 17.5 Å². The van der Waals surface area contributed by atoms with Crippen molar-refractivity contribution < 1.29 is 4.42 Å². The largest absolute Gasteiger partial charge is 0.455 e. The molecular formula is C43H25N3OS. The molecule has 0 spiro atoms. The second-order valence-corrected chi connectivity index (χ2v) is 13.0. The molecule has 0 bridgehead atoms. The van der Waals surface area contributed by atoms with Crippen LogP contribution in [-0.4, -0.2) is 15.0 Å². The van der Waals surface area contributed by atoms with Gasteiger partial charge >= 0.3 is 0 Å². The molecule has 0 radical (unpaired) electrons. The van der Waals surface area contributed by atoms with Crippen LogP contribution in [0.3, 0.4) is 0 Å². The summed E-state index contributed by atoms with van der Waals surface area (Å²) in [4.78, 5) is 15.1. The molecule has 3 aromatic heterocycles. The van der Waals surface area contributed by atoms with Gasteiger partial charge in [0, 0.05) is 47.5 Å². The van der Waals surface area contributed by atoms with Crippen molar-refractivity contribution in [3.8, 4) is 45.3 Å². The second-order valence-electron chi connectivity index (χ2n) is 12.0. The summed E-state index contributed by atoms with van der Waals surface area (Å²) in [5, 5.41) is 7.22. The first-order chi connectivity index (χ1) is 23.8. The topological polar surface area (TPSA) is 51.8 Å². The lowest BCUT2D eigenvalue weighted by molar-refractivity contribution is 0.669. The summed E-state index contributed by atoms with van der Waals surface area (Å²) in [6, 6.07) is 52.7. The highest BCUT2D eigenvalue weighted by Crippen LogP contribution is 2.41. The van der Waals surface area contributed by atoms with E-state index in [9.17, 15) is 0 Å². The molecule has 0 aliphatic heterocycles. The Morgan fingerprint density at radius 3 is 1.90 bits per heavy atom. The maximum absolute atomic E-state index is 6.40. The Balaban J connectivity index is 1.16. The van der Waals surface area contributed by atoms with Gasteiger partial charge < -0.3 is 4.42 Å². The molecule has 0 atom stereocenters. The van der Waals surface area contributed by atoms with E-state index >= 15 is 0 Å². The van der Waals surface area contributed by atoms with Crippen LogP contribution in [0.4, 0.5) is 0 Å². The van der Waals surface area contributed by atoms with Gasteiger partial charge in [-0.15, -0.1) is 11.3 Å². The zero-order chi connectivity index (χ0) is 31.6. The number of furan rings is 1. The molecule has 0 aliphatic carbocycles. The Labute approximate surface area is 279 Å². The first-order valence-corrected chi connectivity index (χ1v) is 16.8. The number of para-hydroxylation sites is 2. The van der Waals surface area contributed by atoms with Gasteiger partial charge in [0.2, 0.25) is 0 Å². The summed E-state index contributed by atoms with van der Waals surface area (Å²) >= 11 is 1.86. The van der Waals surface area contributed by atoms with E-state index in [-0.39, 0.29) is 0 Å². The number of nitrogens with zero attached hydrogens (tertiary/aromatic N) is 3. The third-order valence-corrected chi connectivity index (χ3v) is 10.4. The lowest BCUT2D eigenvalue weighted by atomic mass is 9.96. The number of hydrogen-bond acceptors (Lipinski definition) is 5. The fraction of sp³-hybridized carbons (Fsp3) is 0. The third-order valence-electron chi connectivity index (χ3n) is 9.15. The Morgan fingerprint density at radius 2 is 1.00 bits per heavy atom. The molecule has 10 rings (SSSR count). The molecule has 224 valence electrons. The smallest absolute Gasteiger partial charge is 0.167 e. The van der Waals surface area contributed by atoms with Gasteiger partial charge in [-0.25, -0.2) is 15.0 Å². The number of aromatic nitrogens is 3. The first kappa shape index (κ1) is 27.0. The highest BCUT2D eigenvalue weighted by atomic mass is 32.1. The number of rotatable bonds is 4. The molecule has 0 aliphatic rings. The molecule has 0 N–H and O–H groups in total. The van der Waals surface area contributed by atoms with Gasteiger partial charge in [0.05, 0.1) is 5.56 Å². The third kappa shape index (κ3) is 4.25. The Hall–Kier alpha value is -6.17. The predicted octanol–water partition coefficient (Wildman–Crippen LogP) is 12.0. The van der Waals surface area contributed by atoms with Crippen LogP contribution in [0.25, 0.3) is 98.2 Å². The molecule has 0 saturated carbocycles. The Bertz CT molecular complexity index is 2850. The first-order valence-electron chi connectivity index (χ1n) is 15.9. The Kier molecular flexibility index (Phi) is 6.01. The summed E-state index contributed by atoms with van der Waals surface area (Å²) in [6.07, 6.45) is 0. The lowest BCUT2D eigenvalue weighted by Crippen LogP contribution is -2.00. The van der Waals surface area contributed by atoms with E-state index in [1.54, 1.807) is 0 Å². The van der Waals surface area contributed by atoms with Crippen LogP contribution in [0.1, 0.15) is 0 Å². The van der Waals surface area contributed by atoms with Gasteiger partial charge in [-0.1, -0.05) is 127 Å². The molecule has 0 amide bonds. The molecule has 0 unspecified atom stereocenters. The van der Waals surface area contributed by atoms with Crippen LogP contribution < -0.4 is 0 Å². The summed E-state index contributed by atoms with van der Waals surface area (Å²) in [5.74, 6) is 1.80.